The van der Waals surface area contributed by atoms with Gasteiger partial charge >= 0.3 is 0 Å². The Hall–Kier alpha value is -3.52. The second kappa shape index (κ2) is 7.48. The Morgan fingerprint density at radius 2 is 1.90 bits per heavy atom. The third kappa shape index (κ3) is 3.74. The maximum absolute atomic E-state index is 12.7. The Balaban J connectivity index is 1.61. The molecule has 2 aromatic carbocycles. The zero-order valence-electron chi connectivity index (χ0n) is 15.8. The van der Waals surface area contributed by atoms with Crippen molar-refractivity contribution in [3.8, 4) is 5.69 Å². The van der Waals surface area contributed by atoms with Crippen LogP contribution >= 0.6 is 11.6 Å². The van der Waals surface area contributed by atoms with Crippen molar-refractivity contribution in [2.24, 2.45) is 0 Å². The zero-order chi connectivity index (χ0) is 20.5. The van der Waals surface area contributed by atoms with Crippen molar-refractivity contribution in [1.29, 1.82) is 0 Å². The monoisotopic (exact) mass is 408 g/mol. The van der Waals surface area contributed by atoms with Gasteiger partial charge in [0.1, 0.15) is 12.9 Å². The molecular weight excluding hydrogens is 392 g/mol. The average molecular weight is 409 g/mol. The summed E-state index contributed by atoms with van der Waals surface area (Å²) in [6.45, 7) is 3.67. The second-order valence-electron chi connectivity index (χ2n) is 6.69. The first kappa shape index (κ1) is 18.8. The number of aromatic nitrogens is 5. The molecule has 4 rings (SSSR count). The fraction of sp³-hybridized carbons (Fsp3) is 0.150. The lowest BCUT2D eigenvalue weighted by Gasteiger charge is -2.10. The predicted octanol–water partition coefficient (Wildman–Crippen LogP) is 2.89. The molecule has 9 heteroatoms. The number of nitrogens with zero attached hydrogens (tertiary/aromatic N) is 5. The average Bonchev–Trinajstić information content (AvgIpc) is 3.12. The van der Waals surface area contributed by atoms with E-state index in [0.717, 1.165) is 11.1 Å². The molecule has 0 bridgehead atoms. The topological polar surface area (TPSA) is 94.7 Å². The van der Waals surface area contributed by atoms with E-state index < -0.39 is 5.56 Å². The Bertz CT molecular complexity index is 1280. The van der Waals surface area contributed by atoms with Gasteiger partial charge in [0.05, 0.1) is 5.69 Å². The lowest BCUT2D eigenvalue weighted by molar-refractivity contribution is -0.116. The van der Waals surface area contributed by atoms with E-state index in [-0.39, 0.29) is 18.0 Å². The number of aryl methyl sites for hydroxylation is 2. The summed E-state index contributed by atoms with van der Waals surface area (Å²) in [4.78, 5) is 29.5. The summed E-state index contributed by atoms with van der Waals surface area (Å²) in [5, 5.41) is 11.4. The van der Waals surface area contributed by atoms with Crippen molar-refractivity contribution in [3.05, 3.63) is 75.3 Å². The first-order valence-electron chi connectivity index (χ1n) is 8.86. The summed E-state index contributed by atoms with van der Waals surface area (Å²) in [5.74, 6) is -0.327. The highest BCUT2D eigenvalue weighted by atomic mass is 35.5. The van der Waals surface area contributed by atoms with Crippen LogP contribution in [0.3, 0.4) is 0 Å². The minimum atomic E-state index is -0.439. The third-order valence-corrected chi connectivity index (χ3v) is 4.73. The van der Waals surface area contributed by atoms with Crippen LogP contribution in [0.1, 0.15) is 11.1 Å². The van der Waals surface area contributed by atoms with Crippen molar-refractivity contribution in [1.82, 2.24) is 24.5 Å². The van der Waals surface area contributed by atoms with Gasteiger partial charge in [0, 0.05) is 10.7 Å². The van der Waals surface area contributed by atoms with Gasteiger partial charge in [-0.2, -0.15) is 4.68 Å². The maximum Gasteiger partial charge on any atom is 0.284 e. The van der Waals surface area contributed by atoms with Crippen LogP contribution in [0.4, 0.5) is 5.69 Å². The van der Waals surface area contributed by atoms with Crippen molar-refractivity contribution in [2.45, 2.75) is 20.4 Å². The lowest BCUT2D eigenvalue weighted by atomic mass is 10.1. The van der Waals surface area contributed by atoms with Gasteiger partial charge in [0.25, 0.3) is 5.56 Å². The smallest absolute Gasteiger partial charge is 0.284 e. The van der Waals surface area contributed by atoms with Crippen LogP contribution in [0.2, 0.25) is 5.02 Å². The van der Waals surface area contributed by atoms with E-state index >= 15 is 0 Å². The van der Waals surface area contributed by atoms with Gasteiger partial charge in [-0.1, -0.05) is 28.9 Å². The molecule has 0 fully saturated rings. The van der Waals surface area contributed by atoms with Crippen LogP contribution in [0.25, 0.3) is 16.9 Å². The number of hydrogen-bond acceptors (Lipinski definition) is 5. The van der Waals surface area contributed by atoms with Gasteiger partial charge in [0.15, 0.2) is 11.2 Å². The molecule has 29 heavy (non-hydrogen) atoms. The highest BCUT2D eigenvalue weighted by molar-refractivity contribution is 6.30. The molecule has 0 aliphatic heterocycles. The van der Waals surface area contributed by atoms with E-state index in [1.165, 1.54) is 15.6 Å². The van der Waals surface area contributed by atoms with E-state index in [9.17, 15) is 9.59 Å². The summed E-state index contributed by atoms with van der Waals surface area (Å²) < 4.78 is 2.66. The van der Waals surface area contributed by atoms with Crippen LogP contribution in [0.5, 0.6) is 0 Å². The van der Waals surface area contributed by atoms with Crippen LogP contribution in [0, 0.1) is 13.8 Å². The molecule has 146 valence electrons. The molecule has 8 nitrogen and oxygen atoms in total. The quantitative estimate of drug-likeness (QED) is 0.560. The van der Waals surface area contributed by atoms with Gasteiger partial charge in [-0.15, -0.1) is 5.10 Å². The summed E-state index contributed by atoms with van der Waals surface area (Å²) >= 11 is 5.91. The van der Waals surface area contributed by atoms with E-state index in [4.69, 9.17) is 11.6 Å². The number of hydrogen-bond donors (Lipinski definition) is 1. The van der Waals surface area contributed by atoms with Crippen molar-refractivity contribution >= 4 is 34.4 Å². The summed E-state index contributed by atoms with van der Waals surface area (Å²) in [6, 6.07) is 12.7. The van der Waals surface area contributed by atoms with Crippen molar-refractivity contribution in [2.75, 3.05) is 5.32 Å². The molecule has 0 saturated carbocycles. The van der Waals surface area contributed by atoms with Crippen LogP contribution in [0.15, 0.2) is 53.6 Å². The van der Waals surface area contributed by atoms with Gasteiger partial charge < -0.3 is 5.32 Å². The molecule has 0 atom stereocenters. The number of rotatable bonds is 4. The number of anilines is 1. The Labute approximate surface area is 170 Å². The molecule has 2 aromatic heterocycles. The molecule has 0 saturated heterocycles. The zero-order valence-corrected chi connectivity index (χ0v) is 16.5. The molecular formula is C20H17ClN6O2. The molecule has 1 amide bonds. The molecule has 0 radical (unpaired) electrons. The summed E-state index contributed by atoms with van der Waals surface area (Å²) in [7, 11) is 0. The number of halogens is 1. The first-order valence-corrected chi connectivity index (χ1v) is 9.24. The first-order chi connectivity index (χ1) is 13.9. The van der Waals surface area contributed by atoms with Gasteiger partial charge in [-0.25, -0.2) is 4.98 Å². The molecule has 0 aliphatic rings. The molecule has 0 unspecified atom stereocenters. The van der Waals surface area contributed by atoms with E-state index in [1.807, 2.05) is 32.0 Å². The molecule has 4 aromatic rings. The Kier molecular flexibility index (Phi) is 4.85. The normalized spacial score (nSPS) is 11.0. The predicted molar refractivity (Wildman–Crippen MR) is 110 cm³/mol. The Morgan fingerprint density at radius 1 is 1.14 bits per heavy atom. The highest BCUT2D eigenvalue weighted by Crippen LogP contribution is 2.17. The minimum Gasteiger partial charge on any atom is -0.324 e. The SMILES string of the molecule is Cc1ccc(C)c(NC(=O)Cn2cnc3c(nnn3-c3ccc(Cl)cc3)c2=O)c1. The largest absolute Gasteiger partial charge is 0.324 e. The fourth-order valence-corrected chi connectivity index (χ4v) is 3.05. The standard InChI is InChI=1S/C20H17ClN6O2/c1-12-3-4-13(2)16(9-12)23-17(28)10-26-11-22-19-18(20(26)29)24-25-27(19)15-7-5-14(21)6-8-15/h3-9,11H,10H2,1-2H3,(H,23,28). The van der Waals surface area contributed by atoms with Gasteiger partial charge in [0.2, 0.25) is 5.91 Å². The second-order valence-corrected chi connectivity index (χ2v) is 7.13. The molecule has 0 aliphatic carbocycles. The number of carbonyl (C=O) groups is 1. The van der Waals surface area contributed by atoms with Gasteiger partial charge in [-0.3, -0.25) is 14.2 Å². The van der Waals surface area contributed by atoms with Crippen LogP contribution in [-0.2, 0) is 11.3 Å². The fourth-order valence-electron chi connectivity index (χ4n) is 2.93. The number of benzene rings is 2. The summed E-state index contributed by atoms with van der Waals surface area (Å²) in [6.07, 6.45) is 1.32. The van der Waals surface area contributed by atoms with Crippen molar-refractivity contribution < 1.29 is 4.79 Å². The molecule has 0 spiro atoms. The molecule has 2 heterocycles. The highest BCUT2D eigenvalue weighted by Gasteiger charge is 2.15. The number of fused-ring (bicyclic) bond motifs is 1. The van der Waals surface area contributed by atoms with E-state index in [0.29, 0.717) is 22.0 Å². The summed E-state index contributed by atoms with van der Waals surface area (Å²) in [5.41, 5.74) is 3.32. The number of amides is 1. The van der Waals surface area contributed by atoms with Crippen LogP contribution in [-0.4, -0.2) is 30.5 Å². The van der Waals surface area contributed by atoms with Gasteiger partial charge in [-0.05, 0) is 55.3 Å². The lowest BCUT2D eigenvalue weighted by Crippen LogP contribution is -2.28. The third-order valence-electron chi connectivity index (χ3n) is 4.48. The minimum absolute atomic E-state index is 0.0852. The number of carbonyl (C=O) groups excluding carboxylic acids is 1. The number of nitrogens with one attached hydrogen (secondary N) is 1. The van der Waals surface area contributed by atoms with E-state index in [2.05, 4.69) is 20.6 Å². The van der Waals surface area contributed by atoms with Crippen molar-refractivity contribution in [3.63, 3.8) is 0 Å². The maximum atomic E-state index is 12.7. The van der Waals surface area contributed by atoms with E-state index in [1.54, 1.807) is 24.3 Å². The molecule has 1 N–H and O–H groups in total. The van der Waals surface area contributed by atoms with Crippen LogP contribution < -0.4 is 10.9 Å². The Morgan fingerprint density at radius 3 is 2.66 bits per heavy atom.